The highest BCUT2D eigenvalue weighted by Crippen LogP contribution is 2.47. The van der Waals surface area contributed by atoms with E-state index >= 15 is 0 Å². The van der Waals surface area contributed by atoms with Crippen molar-refractivity contribution in [2.75, 3.05) is 13.2 Å². The smallest absolute Gasteiger partial charge is 0.462 e. The number of hydrogen-bond acceptors (Lipinski definition) is 12. The zero-order chi connectivity index (χ0) is 38.6. The van der Waals surface area contributed by atoms with Gasteiger partial charge in [-0.3, -0.25) is 18.6 Å². The Kier molecular flexibility index (Phi) is 28.3. The molecular weight excluding hydrogens is 695 g/mol. The van der Waals surface area contributed by atoms with Gasteiger partial charge in [-0.25, -0.2) is 4.57 Å². The van der Waals surface area contributed by atoms with E-state index in [-0.39, 0.29) is 12.8 Å². The van der Waals surface area contributed by atoms with E-state index in [0.717, 1.165) is 38.5 Å². The molecule has 0 heterocycles. The molecule has 0 bridgehead atoms. The predicted molar refractivity (Wildman–Crippen MR) is 198 cm³/mol. The van der Waals surface area contributed by atoms with Gasteiger partial charge in [-0.05, 0) is 12.8 Å². The van der Waals surface area contributed by atoms with Gasteiger partial charge in [-0.15, -0.1) is 0 Å². The summed E-state index contributed by atoms with van der Waals surface area (Å²) in [6, 6.07) is 0. The molecule has 6 atom stereocenters. The highest BCUT2D eigenvalue weighted by molar-refractivity contribution is 7.47. The molecule has 13 nitrogen and oxygen atoms in total. The molecule has 0 amide bonds. The van der Waals surface area contributed by atoms with Crippen molar-refractivity contribution in [2.24, 2.45) is 0 Å². The Balaban J connectivity index is 2.49. The third kappa shape index (κ3) is 22.9. The zero-order valence-electron chi connectivity index (χ0n) is 32.1. The lowest BCUT2D eigenvalue weighted by Crippen LogP contribution is -2.64. The van der Waals surface area contributed by atoms with E-state index in [9.17, 15) is 44.6 Å². The van der Waals surface area contributed by atoms with Crippen molar-refractivity contribution >= 4 is 19.8 Å². The average Bonchev–Trinajstić information content (AvgIpc) is 3.12. The molecule has 1 aliphatic rings. The Hall–Kier alpha value is -1.15. The van der Waals surface area contributed by atoms with Gasteiger partial charge in [0.1, 0.15) is 43.2 Å². The predicted octanol–water partition coefficient (Wildman–Crippen LogP) is 6.55. The summed E-state index contributed by atoms with van der Waals surface area (Å²) >= 11 is 0. The van der Waals surface area contributed by atoms with Crippen LogP contribution in [0.1, 0.15) is 174 Å². The SMILES string of the molecule is CCCCCCCCCCCCCCCCCC(=O)OC(COC(=O)CCCCCCCCCC)COP(=O)(O)OC1C(O)C(O)C(O)C(O)C1O. The van der Waals surface area contributed by atoms with Crippen LogP contribution < -0.4 is 0 Å². The van der Waals surface area contributed by atoms with Crippen molar-refractivity contribution in [3.05, 3.63) is 0 Å². The number of unbranched alkanes of at least 4 members (excludes halogenated alkanes) is 21. The molecule has 1 aliphatic carbocycles. The standard InChI is InChI=1S/C38H73O13P/c1-3-5-7-9-11-13-14-15-16-17-18-19-21-23-25-27-32(40)50-30(28-48-31(39)26-24-22-20-12-10-8-6-4-2)29-49-52(46,47)51-38-36(44)34(42)33(41)35(43)37(38)45/h30,33-38,41-45H,3-29H2,1-2H3,(H,46,47). The molecule has 0 radical (unpaired) electrons. The molecule has 1 rings (SSSR count). The lowest BCUT2D eigenvalue weighted by molar-refractivity contribution is -0.220. The van der Waals surface area contributed by atoms with Crippen molar-refractivity contribution in [1.29, 1.82) is 0 Å². The van der Waals surface area contributed by atoms with Crippen molar-refractivity contribution in [3.8, 4) is 0 Å². The number of hydrogen-bond donors (Lipinski definition) is 6. The summed E-state index contributed by atoms with van der Waals surface area (Å²) in [4.78, 5) is 35.4. The van der Waals surface area contributed by atoms with E-state index in [4.69, 9.17) is 18.5 Å². The van der Waals surface area contributed by atoms with E-state index in [1.807, 2.05) is 0 Å². The fourth-order valence-corrected chi connectivity index (χ4v) is 7.32. The number of phosphoric acid groups is 1. The molecule has 0 aromatic carbocycles. The number of phosphoric ester groups is 1. The number of carbonyl (C=O) groups excluding carboxylic acids is 2. The van der Waals surface area contributed by atoms with Crippen LogP contribution in [0.3, 0.4) is 0 Å². The van der Waals surface area contributed by atoms with E-state index in [2.05, 4.69) is 13.8 Å². The Morgan fingerprint density at radius 1 is 0.519 bits per heavy atom. The molecular formula is C38H73O13P. The summed E-state index contributed by atoms with van der Waals surface area (Å²) in [5, 5.41) is 49.9. The van der Waals surface area contributed by atoms with Crippen LogP contribution in [-0.4, -0.2) is 98.3 Å². The van der Waals surface area contributed by atoms with Gasteiger partial charge in [0.15, 0.2) is 6.10 Å². The van der Waals surface area contributed by atoms with Gasteiger partial charge in [-0.1, -0.05) is 149 Å². The van der Waals surface area contributed by atoms with Crippen LogP contribution in [0.4, 0.5) is 0 Å². The maximum Gasteiger partial charge on any atom is 0.472 e. The third-order valence-corrected chi connectivity index (χ3v) is 10.7. The molecule has 308 valence electrons. The van der Waals surface area contributed by atoms with E-state index in [1.54, 1.807) is 0 Å². The maximum absolute atomic E-state index is 12.7. The monoisotopic (exact) mass is 768 g/mol. The lowest BCUT2D eigenvalue weighted by Gasteiger charge is -2.41. The molecule has 6 N–H and O–H groups in total. The van der Waals surface area contributed by atoms with Crippen molar-refractivity contribution in [2.45, 2.75) is 217 Å². The first kappa shape index (κ1) is 48.9. The molecule has 14 heteroatoms. The summed E-state index contributed by atoms with van der Waals surface area (Å²) < 4.78 is 33.3. The van der Waals surface area contributed by atoms with E-state index in [0.29, 0.717) is 12.8 Å². The summed E-state index contributed by atoms with van der Waals surface area (Å²) in [6.45, 7) is 3.24. The normalized spacial score (nSPS) is 23.6. The number of ether oxygens (including phenoxy) is 2. The van der Waals surface area contributed by atoms with Crippen LogP contribution in [0.15, 0.2) is 0 Å². The second-order valence-electron chi connectivity index (χ2n) is 14.5. The van der Waals surface area contributed by atoms with Crippen LogP contribution in [0, 0.1) is 0 Å². The minimum absolute atomic E-state index is 0.104. The number of carbonyl (C=O) groups is 2. The largest absolute Gasteiger partial charge is 0.472 e. The van der Waals surface area contributed by atoms with Crippen molar-refractivity contribution in [3.63, 3.8) is 0 Å². The first-order valence-corrected chi connectivity index (χ1v) is 21.8. The first-order valence-electron chi connectivity index (χ1n) is 20.3. The van der Waals surface area contributed by atoms with Crippen LogP contribution in [0.2, 0.25) is 0 Å². The molecule has 0 aromatic rings. The molecule has 1 fully saturated rings. The van der Waals surface area contributed by atoms with Crippen molar-refractivity contribution in [1.82, 2.24) is 0 Å². The molecule has 0 aliphatic heterocycles. The minimum Gasteiger partial charge on any atom is -0.462 e. The topological polar surface area (TPSA) is 210 Å². The second-order valence-corrected chi connectivity index (χ2v) is 15.9. The van der Waals surface area contributed by atoms with Gasteiger partial charge < -0.3 is 39.9 Å². The molecule has 6 unspecified atom stereocenters. The third-order valence-electron chi connectivity index (χ3n) is 9.70. The Labute approximate surface area is 312 Å². The average molecular weight is 769 g/mol. The fourth-order valence-electron chi connectivity index (χ4n) is 6.35. The number of aliphatic hydroxyl groups excluding tert-OH is 5. The van der Waals surface area contributed by atoms with Crippen LogP contribution >= 0.6 is 7.82 Å². The van der Waals surface area contributed by atoms with Crippen LogP contribution in [0.5, 0.6) is 0 Å². The van der Waals surface area contributed by atoms with Crippen LogP contribution in [0.25, 0.3) is 0 Å². The number of aliphatic hydroxyl groups is 5. The summed E-state index contributed by atoms with van der Waals surface area (Å²) in [7, 11) is -5.10. The van der Waals surface area contributed by atoms with Gasteiger partial charge in [0.25, 0.3) is 0 Å². The molecule has 0 aromatic heterocycles. The Bertz CT molecular complexity index is 938. The van der Waals surface area contributed by atoms with Gasteiger partial charge >= 0.3 is 19.8 Å². The fraction of sp³-hybridized carbons (Fsp3) is 0.947. The zero-order valence-corrected chi connectivity index (χ0v) is 33.0. The summed E-state index contributed by atoms with van der Waals surface area (Å²) in [6.07, 6.45) is 13.3. The highest BCUT2D eigenvalue weighted by Gasteiger charge is 2.51. The lowest BCUT2D eigenvalue weighted by atomic mass is 9.85. The quantitative estimate of drug-likeness (QED) is 0.0238. The maximum atomic E-state index is 12.7. The van der Waals surface area contributed by atoms with Crippen LogP contribution in [-0.2, 0) is 32.7 Å². The molecule has 1 saturated carbocycles. The van der Waals surface area contributed by atoms with Gasteiger partial charge in [0.05, 0.1) is 6.61 Å². The summed E-state index contributed by atoms with van der Waals surface area (Å²) in [5.74, 6) is -1.10. The second kappa shape index (κ2) is 30.1. The van der Waals surface area contributed by atoms with Gasteiger partial charge in [0.2, 0.25) is 0 Å². The minimum atomic E-state index is -5.10. The van der Waals surface area contributed by atoms with Gasteiger partial charge in [-0.2, -0.15) is 0 Å². The molecule has 0 spiro atoms. The Morgan fingerprint density at radius 2 is 0.865 bits per heavy atom. The molecule has 0 saturated heterocycles. The molecule has 52 heavy (non-hydrogen) atoms. The number of rotatable bonds is 33. The number of esters is 2. The first-order chi connectivity index (χ1) is 24.9. The van der Waals surface area contributed by atoms with Crippen molar-refractivity contribution < 1.29 is 63.1 Å². The Morgan fingerprint density at radius 3 is 1.27 bits per heavy atom. The summed E-state index contributed by atoms with van der Waals surface area (Å²) in [5.41, 5.74) is 0. The van der Waals surface area contributed by atoms with Gasteiger partial charge in [0, 0.05) is 12.8 Å². The van der Waals surface area contributed by atoms with E-state index < -0.39 is 75.7 Å². The van der Waals surface area contributed by atoms with E-state index in [1.165, 1.54) is 96.3 Å². The highest BCUT2D eigenvalue weighted by atomic mass is 31.2.